The summed E-state index contributed by atoms with van der Waals surface area (Å²) in [6.07, 6.45) is 3.96. The summed E-state index contributed by atoms with van der Waals surface area (Å²) in [6.45, 7) is 4.78. The molecule has 2 aromatic carbocycles. The van der Waals surface area contributed by atoms with Gasteiger partial charge in [0.2, 0.25) is 5.89 Å². The summed E-state index contributed by atoms with van der Waals surface area (Å²) in [5.74, 6) is 0.406. The van der Waals surface area contributed by atoms with Crippen LogP contribution in [0.2, 0.25) is 0 Å². The van der Waals surface area contributed by atoms with Crippen LogP contribution in [0.4, 0.5) is 4.39 Å². The fraction of sp³-hybridized carbons (Fsp3) is 0.143. The highest BCUT2D eigenvalue weighted by Crippen LogP contribution is 2.26. The van der Waals surface area contributed by atoms with Crippen LogP contribution in [-0.4, -0.2) is 4.98 Å². The molecule has 4 rings (SSSR count). The van der Waals surface area contributed by atoms with E-state index >= 15 is 0 Å². The molecule has 3 nitrogen and oxygen atoms in total. The van der Waals surface area contributed by atoms with Crippen LogP contribution in [0.1, 0.15) is 16.7 Å². The molecule has 0 amide bonds. The molecule has 26 heavy (non-hydrogen) atoms. The zero-order valence-corrected chi connectivity index (χ0v) is 16.1. The lowest BCUT2D eigenvalue weighted by Crippen LogP contribution is -3.00. The lowest BCUT2D eigenvalue weighted by Gasteiger charge is -1.99. The van der Waals surface area contributed by atoms with E-state index in [2.05, 4.69) is 18.0 Å². The van der Waals surface area contributed by atoms with Crippen LogP contribution < -0.4 is 21.5 Å². The van der Waals surface area contributed by atoms with Crippen LogP contribution in [0.15, 0.2) is 65.3 Å². The number of hydrogen-bond donors (Lipinski definition) is 0. The number of hydrogen-bond acceptors (Lipinski definition) is 2. The third kappa shape index (κ3) is 3.68. The fourth-order valence-electron chi connectivity index (χ4n) is 3.01. The Bertz CT molecular complexity index is 1040. The standard InChI is InChI=1S/C21H18FN2O.BrH/c1-14-11-15(2)20-19(12-14)23-21(25-20)17-7-9-24(10-8-17)13-16-3-5-18(22)6-4-16;/h3-12H,13H2,1-2H3;1H/q+1;/p-1. The second kappa shape index (κ2) is 7.38. The highest BCUT2D eigenvalue weighted by atomic mass is 79.9. The maximum absolute atomic E-state index is 13.0. The zero-order chi connectivity index (χ0) is 17.4. The molecule has 0 aliphatic carbocycles. The van der Waals surface area contributed by atoms with E-state index in [1.54, 1.807) is 12.1 Å². The van der Waals surface area contributed by atoms with Gasteiger partial charge in [0.1, 0.15) is 11.3 Å². The molecule has 0 saturated heterocycles. The summed E-state index contributed by atoms with van der Waals surface area (Å²) in [7, 11) is 0. The van der Waals surface area contributed by atoms with Gasteiger partial charge in [0, 0.05) is 23.3 Å². The number of halogens is 2. The van der Waals surface area contributed by atoms with E-state index < -0.39 is 0 Å². The van der Waals surface area contributed by atoms with Gasteiger partial charge in [-0.3, -0.25) is 0 Å². The van der Waals surface area contributed by atoms with Gasteiger partial charge in [-0.25, -0.2) is 13.9 Å². The summed E-state index contributed by atoms with van der Waals surface area (Å²) in [5, 5.41) is 0. The van der Waals surface area contributed by atoms with E-state index in [0.717, 1.165) is 27.8 Å². The molecule has 0 bridgehead atoms. The van der Waals surface area contributed by atoms with E-state index in [1.807, 2.05) is 42.1 Å². The number of pyridine rings is 1. The van der Waals surface area contributed by atoms with Crippen molar-refractivity contribution in [1.29, 1.82) is 0 Å². The first-order valence-corrected chi connectivity index (χ1v) is 8.20. The quantitative estimate of drug-likeness (QED) is 0.478. The van der Waals surface area contributed by atoms with Gasteiger partial charge >= 0.3 is 0 Å². The maximum atomic E-state index is 13.0. The molecule has 5 heteroatoms. The normalized spacial score (nSPS) is 10.7. The molecule has 0 unspecified atom stereocenters. The van der Waals surface area contributed by atoms with Crippen molar-refractivity contribution < 1.29 is 30.4 Å². The Morgan fingerprint density at radius 3 is 2.38 bits per heavy atom. The van der Waals surface area contributed by atoms with Crippen molar-refractivity contribution in [1.82, 2.24) is 4.98 Å². The fourth-order valence-corrected chi connectivity index (χ4v) is 3.01. The van der Waals surface area contributed by atoms with Gasteiger partial charge in [-0.05, 0) is 55.3 Å². The molecule has 0 radical (unpaired) electrons. The Balaban J connectivity index is 0.00000196. The largest absolute Gasteiger partial charge is 1.00 e. The molecule has 0 spiro atoms. The third-order valence-electron chi connectivity index (χ3n) is 4.24. The Hall–Kier alpha value is -2.53. The van der Waals surface area contributed by atoms with Crippen LogP contribution in [0, 0.1) is 19.7 Å². The van der Waals surface area contributed by atoms with Crippen molar-refractivity contribution in [3.63, 3.8) is 0 Å². The topological polar surface area (TPSA) is 29.9 Å². The maximum Gasteiger partial charge on any atom is 0.227 e. The van der Waals surface area contributed by atoms with E-state index in [9.17, 15) is 4.39 Å². The Labute approximate surface area is 161 Å². The number of oxazole rings is 1. The lowest BCUT2D eigenvalue weighted by molar-refractivity contribution is -0.688. The van der Waals surface area contributed by atoms with Crippen molar-refractivity contribution in [3.8, 4) is 11.5 Å². The third-order valence-corrected chi connectivity index (χ3v) is 4.24. The minimum atomic E-state index is -0.217. The molecule has 0 N–H and O–H groups in total. The lowest BCUT2D eigenvalue weighted by atomic mass is 10.1. The molecule has 0 atom stereocenters. The van der Waals surface area contributed by atoms with Crippen LogP contribution in [-0.2, 0) is 6.54 Å². The molecule has 0 fully saturated rings. The van der Waals surface area contributed by atoms with E-state index in [4.69, 9.17) is 4.42 Å². The summed E-state index contributed by atoms with van der Waals surface area (Å²) in [5.41, 5.74) is 5.97. The van der Waals surface area contributed by atoms with Crippen molar-refractivity contribution >= 4 is 11.1 Å². The Morgan fingerprint density at radius 2 is 1.69 bits per heavy atom. The van der Waals surface area contributed by atoms with E-state index in [0.29, 0.717) is 12.4 Å². The molecule has 2 aromatic heterocycles. The average Bonchev–Trinajstić information content (AvgIpc) is 3.02. The SMILES string of the molecule is Cc1cc(C)c2oc(-c3cc[n+](Cc4ccc(F)cc4)cc3)nc2c1.[Br-]. The van der Waals surface area contributed by atoms with Crippen molar-refractivity contribution in [2.45, 2.75) is 20.4 Å². The number of fused-ring (bicyclic) bond motifs is 1. The predicted octanol–water partition coefficient (Wildman–Crippen LogP) is 1.59. The van der Waals surface area contributed by atoms with Gasteiger partial charge in [-0.2, -0.15) is 0 Å². The second-order valence-electron chi connectivity index (χ2n) is 6.33. The van der Waals surface area contributed by atoms with Crippen molar-refractivity contribution in [2.24, 2.45) is 0 Å². The highest BCUT2D eigenvalue weighted by Gasteiger charge is 2.12. The van der Waals surface area contributed by atoms with E-state index in [-0.39, 0.29) is 22.8 Å². The van der Waals surface area contributed by atoms with Crippen LogP contribution in [0.5, 0.6) is 0 Å². The monoisotopic (exact) mass is 412 g/mol. The molecule has 0 saturated carbocycles. The summed E-state index contributed by atoms with van der Waals surface area (Å²) >= 11 is 0. The first kappa shape index (κ1) is 18.3. The van der Waals surface area contributed by atoms with Crippen molar-refractivity contribution in [2.75, 3.05) is 0 Å². The van der Waals surface area contributed by atoms with Crippen LogP contribution in [0.3, 0.4) is 0 Å². The van der Waals surface area contributed by atoms with Gasteiger partial charge in [0.15, 0.2) is 24.5 Å². The van der Waals surface area contributed by atoms with E-state index in [1.165, 1.54) is 17.7 Å². The molecule has 2 heterocycles. The predicted molar refractivity (Wildman–Crippen MR) is 94.6 cm³/mol. The number of nitrogens with zero attached hydrogens (tertiary/aromatic N) is 2. The number of aromatic nitrogens is 2. The van der Waals surface area contributed by atoms with Gasteiger partial charge in [0.05, 0.1) is 0 Å². The number of aryl methyl sites for hydroxylation is 2. The summed E-state index contributed by atoms with van der Waals surface area (Å²) in [6, 6.07) is 14.6. The van der Waals surface area contributed by atoms with Gasteiger partial charge in [-0.15, -0.1) is 0 Å². The molecule has 132 valence electrons. The van der Waals surface area contributed by atoms with Gasteiger partial charge in [-0.1, -0.05) is 6.07 Å². The van der Waals surface area contributed by atoms with Crippen LogP contribution in [0.25, 0.3) is 22.6 Å². The summed E-state index contributed by atoms with van der Waals surface area (Å²) in [4.78, 5) is 4.61. The van der Waals surface area contributed by atoms with Gasteiger partial charge < -0.3 is 21.4 Å². The Kier molecular flexibility index (Phi) is 5.18. The van der Waals surface area contributed by atoms with Crippen molar-refractivity contribution in [3.05, 3.63) is 83.4 Å². The summed E-state index contributed by atoms with van der Waals surface area (Å²) < 4.78 is 21.0. The van der Waals surface area contributed by atoms with Crippen LogP contribution >= 0.6 is 0 Å². The Morgan fingerprint density at radius 1 is 1.00 bits per heavy atom. The smallest absolute Gasteiger partial charge is 0.227 e. The minimum absolute atomic E-state index is 0. The molecule has 0 aliphatic rings. The van der Waals surface area contributed by atoms with Gasteiger partial charge in [0.25, 0.3) is 0 Å². The minimum Gasteiger partial charge on any atom is -1.00 e. The molecular weight excluding hydrogens is 395 g/mol. The first-order valence-electron chi connectivity index (χ1n) is 8.20. The zero-order valence-electron chi connectivity index (χ0n) is 14.5. The molecular formula is C21H18BrFN2O. The molecule has 4 aromatic rings. The number of benzene rings is 2. The highest BCUT2D eigenvalue weighted by molar-refractivity contribution is 5.79. The molecule has 0 aliphatic heterocycles. The second-order valence-corrected chi connectivity index (χ2v) is 6.33. The first-order chi connectivity index (χ1) is 12.1. The number of rotatable bonds is 3. The average molecular weight is 413 g/mol.